The molecule has 1 fully saturated rings. The maximum absolute atomic E-state index is 12.8. The first kappa shape index (κ1) is 14.5. The average molecular weight is 289 g/mol. The summed E-state index contributed by atoms with van der Waals surface area (Å²) in [5, 5.41) is 0. The number of benzene rings is 1. The first-order valence-corrected chi connectivity index (χ1v) is 7.84. The number of Topliss-reactive ketones (excluding diaryl/α,β-unsaturated/α-hetero) is 1. The maximum atomic E-state index is 12.8. The summed E-state index contributed by atoms with van der Waals surface area (Å²) >= 11 is 0. The van der Waals surface area contributed by atoms with Crippen LogP contribution in [0.4, 0.5) is 0 Å². The van der Waals surface area contributed by atoms with E-state index in [1.165, 1.54) is 0 Å². The zero-order valence-electron chi connectivity index (χ0n) is 12.8. The number of morpholine rings is 1. The molecule has 0 amide bonds. The van der Waals surface area contributed by atoms with E-state index in [0.717, 1.165) is 56.0 Å². The third-order valence-corrected chi connectivity index (χ3v) is 4.36. The maximum Gasteiger partial charge on any atom is 0.179 e. The minimum atomic E-state index is -0.0355. The summed E-state index contributed by atoms with van der Waals surface area (Å²) in [5.74, 6) is 1.15. The van der Waals surface area contributed by atoms with Gasteiger partial charge in [-0.15, -0.1) is 0 Å². The lowest BCUT2D eigenvalue weighted by atomic mass is 9.97. The van der Waals surface area contributed by atoms with Crippen LogP contribution < -0.4 is 4.74 Å². The van der Waals surface area contributed by atoms with E-state index in [9.17, 15) is 4.79 Å². The number of hydrogen-bond donors (Lipinski definition) is 0. The predicted octanol–water partition coefficient (Wildman–Crippen LogP) is 2.30. The van der Waals surface area contributed by atoms with Crippen molar-refractivity contribution in [1.82, 2.24) is 4.90 Å². The lowest BCUT2D eigenvalue weighted by molar-refractivity contribution is 0.0170. The van der Waals surface area contributed by atoms with Crippen LogP contribution in [-0.2, 0) is 11.2 Å². The van der Waals surface area contributed by atoms with Crippen molar-refractivity contribution in [2.45, 2.75) is 38.8 Å². The number of nitrogens with zero attached hydrogens (tertiary/aromatic N) is 1. The Kier molecular flexibility index (Phi) is 4.27. The van der Waals surface area contributed by atoms with Crippen molar-refractivity contribution < 1.29 is 14.3 Å². The van der Waals surface area contributed by atoms with Crippen molar-refractivity contribution in [3.05, 3.63) is 29.3 Å². The van der Waals surface area contributed by atoms with E-state index in [1.54, 1.807) is 0 Å². The van der Waals surface area contributed by atoms with Gasteiger partial charge in [0.25, 0.3) is 0 Å². The molecule has 4 nitrogen and oxygen atoms in total. The van der Waals surface area contributed by atoms with Crippen LogP contribution in [0.2, 0.25) is 0 Å². The van der Waals surface area contributed by atoms with Gasteiger partial charge in [0.15, 0.2) is 5.78 Å². The molecule has 2 aliphatic heterocycles. The normalized spacial score (nSPS) is 23.4. The Bertz CT molecular complexity index is 523. The van der Waals surface area contributed by atoms with Gasteiger partial charge in [0, 0.05) is 25.1 Å². The monoisotopic (exact) mass is 289 g/mol. The molecule has 114 valence electrons. The molecule has 0 radical (unpaired) electrons. The molecule has 0 aliphatic carbocycles. The molecule has 0 saturated carbocycles. The fourth-order valence-corrected chi connectivity index (χ4v) is 3.27. The molecule has 3 rings (SSSR count). The quantitative estimate of drug-likeness (QED) is 0.797. The summed E-state index contributed by atoms with van der Waals surface area (Å²) in [5.41, 5.74) is 1.97. The van der Waals surface area contributed by atoms with Crippen LogP contribution in [0.3, 0.4) is 0 Å². The second-order valence-electron chi connectivity index (χ2n) is 5.89. The smallest absolute Gasteiger partial charge is 0.179 e. The number of ketones is 1. The van der Waals surface area contributed by atoms with E-state index >= 15 is 0 Å². The molecule has 2 heterocycles. The minimum Gasteiger partial charge on any atom is -0.490 e. The van der Waals surface area contributed by atoms with Crippen molar-refractivity contribution in [2.75, 3.05) is 26.3 Å². The molecule has 0 aromatic heterocycles. The number of rotatable bonds is 4. The predicted molar refractivity (Wildman–Crippen MR) is 81.0 cm³/mol. The van der Waals surface area contributed by atoms with Gasteiger partial charge in [-0.2, -0.15) is 0 Å². The Morgan fingerprint density at radius 1 is 1.38 bits per heavy atom. The summed E-state index contributed by atoms with van der Waals surface area (Å²) in [6, 6.07) is 5.83. The average Bonchev–Trinajstić information content (AvgIpc) is 2.88. The molecule has 2 unspecified atom stereocenters. The molecule has 21 heavy (non-hydrogen) atoms. The Labute approximate surface area is 126 Å². The van der Waals surface area contributed by atoms with Gasteiger partial charge in [0.05, 0.1) is 19.3 Å². The summed E-state index contributed by atoms with van der Waals surface area (Å²) in [6.45, 7) is 7.27. The van der Waals surface area contributed by atoms with Gasteiger partial charge in [0.2, 0.25) is 0 Å². The highest BCUT2D eigenvalue weighted by Gasteiger charge is 2.28. The van der Waals surface area contributed by atoms with Crippen LogP contribution >= 0.6 is 0 Å². The van der Waals surface area contributed by atoms with E-state index in [1.807, 2.05) is 18.2 Å². The van der Waals surface area contributed by atoms with Crippen molar-refractivity contribution in [1.29, 1.82) is 0 Å². The number of carbonyl (C=O) groups is 1. The van der Waals surface area contributed by atoms with Crippen LogP contribution in [0.5, 0.6) is 5.75 Å². The second kappa shape index (κ2) is 6.16. The van der Waals surface area contributed by atoms with Crippen LogP contribution in [0.25, 0.3) is 0 Å². The first-order chi connectivity index (χ1) is 10.2. The largest absolute Gasteiger partial charge is 0.490 e. The third kappa shape index (κ3) is 2.97. The molecule has 1 aromatic rings. The molecule has 2 atom stereocenters. The Morgan fingerprint density at radius 3 is 2.86 bits per heavy atom. The molecule has 1 saturated heterocycles. The van der Waals surface area contributed by atoms with Crippen molar-refractivity contribution in [3.63, 3.8) is 0 Å². The Hall–Kier alpha value is -1.39. The van der Waals surface area contributed by atoms with E-state index in [2.05, 4.69) is 18.7 Å². The van der Waals surface area contributed by atoms with Gasteiger partial charge in [0.1, 0.15) is 11.9 Å². The molecular formula is C17H23NO3. The number of fused-ring (bicyclic) bond motifs is 1. The Morgan fingerprint density at radius 2 is 2.14 bits per heavy atom. The zero-order chi connectivity index (χ0) is 14.8. The van der Waals surface area contributed by atoms with Crippen LogP contribution in [0.1, 0.15) is 36.2 Å². The fourth-order valence-electron chi connectivity index (χ4n) is 3.27. The molecular weight excluding hydrogens is 266 g/mol. The van der Waals surface area contributed by atoms with Gasteiger partial charge in [-0.1, -0.05) is 6.92 Å². The minimum absolute atomic E-state index is 0.0355. The third-order valence-electron chi connectivity index (χ3n) is 4.36. The highest BCUT2D eigenvalue weighted by atomic mass is 16.5. The second-order valence-corrected chi connectivity index (χ2v) is 5.89. The molecule has 1 aromatic carbocycles. The zero-order valence-corrected chi connectivity index (χ0v) is 12.8. The Balaban J connectivity index is 1.78. The standard InChI is InChI=1S/C17H23NO3/c1-3-15(18-6-8-20-9-7-18)17(19)13-4-5-16-14(11-13)10-12(2)21-16/h4-5,11-12,15H,3,6-10H2,1-2H3. The summed E-state index contributed by atoms with van der Waals surface area (Å²) in [4.78, 5) is 15.1. The van der Waals surface area contributed by atoms with Gasteiger partial charge < -0.3 is 9.47 Å². The van der Waals surface area contributed by atoms with E-state index in [-0.39, 0.29) is 17.9 Å². The van der Waals surface area contributed by atoms with Gasteiger partial charge in [-0.25, -0.2) is 0 Å². The first-order valence-electron chi connectivity index (χ1n) is 7.84. The summed E-state index contributed by atoms with van der Waals surface area (Å²) in [6.07, 6.45) is 1.94. The van der Waals surface area contributed by atoms with E-state index in [0.29, 0.717) is 0 Å². The van der Waals surface area contributed by atoms with Gasteiger partial charge in [-0.05, 0) is 37.1 Å². The molecule has 2 aliphatic rings. The molecule has 4 heteroatoms. The van der Waals surface area contributed by atoms with Gasteiger partial charge >= 0.3 is 0 Å². The van der Waals surface area contributed by atoms with E-state index in [4.69, 9.17) is 9.47 Å². The van der Waals surface area contributed by atoms with Gasteiger partial charge in [-0.3, -0.25) is 9.69 Å². The topological polar surface area (TPSA) is 38.8 Å². The molecule has 0 spiro atoms. The van der Waals surface area contributed by atoms with Crippen molar-refractivity contribution in [3.8, 4) is 5.75 Å². The van der Waals surface area contributed by atoms with Crippen LogP contribution in [0, 0.1) is 0 Å². The summed E-state index contributed by atoms with van der Waals surface area (Å²) < 4.78 is 11.1. The lowest BCUT2D eigenvalue weighted by Gasteiger charge is -2.33. The highest BCUT2D eigenvalue weighted by Crippen LogP contribution is 2.30. The summed E-state index contributed by atoms with van der Waals surface area (Å²) in [7, 11) is 0. The number of ether oxygens (including phenoxy) is 2. The number of carbonyl (C=O) groups excluding carboxylic acids is 1. The van der Waals surface area contributed by atoms with Crippen LogP contribution in [-0.4, -0.2) is 49.1 Å². The fraction of sp³-hybridized carbons (Fsp3) is 0.588. The highest BCUT2D eigenvalue weighted by molar-refractivity contribution is 6.00. The lowest BCUT2D eigenvalue weighted by Crippen LogP contribution is -2.47. The number of hydrogen-bond acceptors (Lipinski definition) is 4. The molecule has 0 bridgehead atoms. The van der Waals surface area contributed by atoms with Crippen molar-refractivity contribution >= 4 is 5.78 Å². The van der Waals surface area contributed by atoms with Crippen LogP contribution in [0.15, 0.2) is 18.2 Å². The van der Waals surface area contributed by atoms with E-state index < -0.39 is 0 Å². The van der Waals surface area contributed by atoms with Crippen molar-refractivity contribution in [2.24, 2.45) is 0 Å². The SMILES string of the molecule is CCC(C(=O)c1ccc2c(c1)CC(C)O2)N1CCOCC1. The molecule has 0 N–H and O–H groups in total.